The number of nitrogens with zero attached hydrogens (tertiary/aromatic N) is 2. The zero-order valence-electron chi connectivity index (χ0n) is 11.3. The molecule has 4 N–H and O–H groups in total. The second-order valence-electron chi connectivity index (χ2n) is 4.20. The first-order valence-electron chi connectivity index (χ1n) is 6.12. The van der Waals surface area contributed by atoms with E-state index in [1.54, 1.807) is 0 Å². The number of carbonyl (C=O) groups excluding carboxylic acids is 1. The van der Waals surface area contributed by atoms with Gasteiger partial charge in [0.2, 0.25) is 5.75 Å². The van der Waals surface area contributed by atoms with Gasteiger partial charge in [0.1, 0.15) is 0 Å². The van der Waals surface area contributed by atoms with Gasteiger partial charge in [-0.25, -0.2) is 9.79 Å². The van der Waals surface area contributed by atoms with E-state index in [0.717, 1.165) is 0 Å². The van der Waals surface area contributed by atoms with Gasteiger partial charge in [0.15, 0.2) is 5.96 Å². The molecule has 0 aliphatic heterocycles. The Morgan fingerprint density at radius 1 is 1.09 bits per heavy atom. The molecule has 2 rings (SSSR count). The van der Waals surface area contributed by atoms with Crippen molar-refractivity contribution in [2.75, 3.05) is 0 Å². The van der Waals surface area contributed by atoms with Gasteiger partial charge in [-0.3, -0.25) is 10.1 Å². The third-order valence-corrected chi connectivity index (χ3v) is 2.63. The lowest BCUT2D eigenvalue weighted by Gasteiger charge is -2.05. The molecule has 0 spiro atoms. The topological polar surface area (TPSA) is 134 Å². The van der Waals surface area contributed by atoms with Crippen molar-refractivity contribution in [1.82, 2.24) is 0 Å². The Morgan fingerprint density at radius 2 is 1.73 bits per heavy atom. The predicted molar refractivity (Wildman–Crippen MR) is 80.0 cm³/mol. The van der Waals surface area contributed by atoms with Crippen LogP contribution in [0.1, 0.15) is 10.4 Å². The first-order valence-corrected chi connectivity index (χ1v) is 6.12. The van der Waals surface area contributed by atoms with Crippen LogP contribution < -0.4 is 16.2 Å². The van der Waals surface area contributed by atoms with Gasteiger partial charge in [-0.1, -0.05) is 12.1 Å². The number of guanidine groups is 1. The number of nitrogens with two attached hydrogens (primary N) is 2. The quantitative estimate of drug-likeness (QED) is 0.220. The zero-order valence-corrected chi connectivity index (χ0v) is 11.3. The van der Waals surface area contributed by atoms with Crippen LogP contribution in [-0.4, -0.2) is 16.9 Å². The number of nitro benzene ring substituents is 1. The number of hydrogen-bond acceptors (Lipinski definition) is 5. The largest absolute Gasteiger partial charge is 0.416 e. The molecule has 0 radical (unpaired) electrons. The van der Waals surface area contributed by atoms with Crippen molar-refractivity contribution in [1.29, 1.82) is 0 Å². The maximum Gasteiger partial charge on any atom is 0.343 e. The SMILES string of the molecule is NC(N)=Nc1ccc(C(=O)Oc2ccccc2[N+](=O)[O-])cc1. The van der Waals surface area contributed by atoms with Gasteiger partial charge >= 0.3 is 11.7 Å². The average Bonchev–Trinajstić information content (AvgIpc) is 2.47. The Balaban J connectivity index is 2.19. The third-order valence-electron chi connectivity index (χ3n) is 2.63. The van der Waals surface area contributed by atoms with E-state index in [-0.39, 0.29) is 23.0 Å². The van der Waals surface area contributed by atoms with Crippen molar-refractivity contribution in [2.45, 2.75) is 0 Å². The van der Waals surface area contributed by atoms with E-state index in [9.17, 15) is 14.9 Å². The molecular formula is C14H12N4O4. The Bertz CT molecular complexity index is 737. The Labute approximate surface area is 125 Å². The lowest BCUT2D eigenvalue weighted by Crippen LogP contribution is -2.21. The summed E-state index contributed by atoms with van der Waals surface area (Å²) >= 11 is 0. The molecule has 22 heavy (non-hydrogen) atoms. The molecular weight excluding hydrogens is 288 g/mol. The summed E-state index contributed by atoms with van der Waals surface area (Å²) < 4.78 is 5.05. The highest BCUT2D eigenvalue weighted by molar-refractivity contribution is 5.92. The van der Waals surface area contributed by atoms with Crippen LogP contribution in [0.4, 0.5) is 11.4 Å². The predicted octanol–water partition coefficient (Wildman–Crippen LogP) is 1.72. The average molecular weight is 300 g/mol. The van der Waals surface area contributed by atoms with Crippen molar-refractivity contribution in [3.8, 4) is 5.75 Å². The minimum absolute atomic E-state index is 0.102. The summed E-state index contributed by atoms with van der Waals surface area (Å²) in [5, 5.41) is 10.9. The molecule has 0 aliphatic carbocycles. The van der Waals surface area contributed by atoms with E-state index in [0.29, 0.717) is 5.69 Å². The Hall–Kier alpha value is -3.42. The monoisotopic (exact) mass is 300 g/mol. The molecule has 112 valence electrons. The van der Waals surface area contributed by atoms with Gasteiger partial charge in [0.25, 0.3) is 0 Å². The van der Waals surface area contributed by atoms with Crippen molar-refractivity contribution in [2.24, 2.45) is 16.5 Å². The maximum absolute atomic E-state index is 12.0. The number of ether oxygens (including phenoxy) is 1. The Kier molecular flexibility index (Phi) is 4.33. The van der Waals surface area contributed by atoms with Gasteiger partial charge in [-0.15, -0.1) is 0 Å². The van der Waals surface area contributed by atoms with Crippen molar-refractivity contribution in [3.05, 3.63) is 64.2 Å². The number of aliphatic imine (C=N–C) groups is 1. The summed E-state index contributed by atoms with van der Waals surface area (Å²) in [6.07, 6.45) is 0. The van der Waals surface area contributed by atoms with E-state index in [1.807, 2.05) is 0 Å². The molecule has 8 heteroatoms. The zero-order chi connectivity index (χ0) is 16.1. The fourth-order valence-electron chi connectivity index (χ4n) is 1.67. The summed E-state index contributed by atoms with van der Waals surface area (Å²) in [4.78, 5) is 26.0. The first-order chi connectivity index (χ1) is 10.5. The lowest BCUT2D eigenvalue weighted by atomic mass is 10.2. The molecule has 2 aromatic rings. The van der Waals surface area contributed by atoms with Crippen molar-refractivity contribution >= 4 is 23.3 Å². The summed E-state index contributed by atoms with van der Waals surface area (Å²) in [6.45, 7) is 0. The molecule has 0 saturated heterocycles. The number of carbonyl (C=O) groups is 1. The standard InChI is InChI=1S/C14H12N4O4/c15-14(16)17-10-7-5-9(6-8-10)13(19)22-12-4-2-1-3-11(12)18(20)21/h1-8H,(H4,15,16,17). The van der Waals surface area contributed by atoms with Crippen LogP contribution in [0, 0.1) is 10.1 Å². The molecule has 2 aromatic carbocycles. The van der Waals surface area contributed by atoms with E-state index >= 15 is 0 Å². The van der Waals surface area contributed by atoms with Crippen LogP contribution in [0.15, 0.2) is 53.5 Å². The maximum atomic E-state index is 12.0. The van der Waals surface area contributed by atoms with Gasteiger partial charge in [0.05, 0.1) is 16.2 Å². The van der Waals surface area contributed by atoms with Gasteiger partial charge < -0.3 is 16.2 Å². The fraction of sp³-hybridized carbons (Fsp3) is 0. The molecule has 8 nitrogen and oxygen atoms in total. The molecule has 0 atom stereocenters. The number of rotatable bonds is 4. The molecule has 0 aromatic heterocycles. The molecule has 0 unspecified atom stereocenters. The summed E-state index contributed by atoms with van der Waals surface area (Å²) in [5.41, 5.74) is 10.9. The molecule has 0 amide bonds. The summed E-state index contributed by atoms with van der Waals surface area (Å²) in [6, 6.07) is 11.6. The minimum Gasteiger partial charge on any atom is -0.416 e. The highest BCUT2D eigenvalue weighted by atomic mass is 16.6. The fourth-order valence-corrected chi connectivity index (χ4v) is 1.67. The van der Waals surface area contributed by atoms with Crippen LogP contribution >= 0.6 is 0 Å². The van der Waals surface area contributed by atoms with Gasteiger partial charge in [-0.05, 0) is 30.3 Å². The van der Waals surface area contributed by atoms with E-state index in [1.165, 1.54) is 48.5 Å². The second-order valence-corrected chi connectivity index (χ2v) is 4.20. The van der Waals surface area contributed by atoms with Crippen LogP contribution in [0.2, 0.25) is 0 Å². The summed E-state index contributed by atoms with van der Waals surface area (Å²) in [7, 11) is 0. The Morgan fingerprint density at radius 3 is 2.32 bits per heavy atom. The summed E-state index contributed by atoms with van der Waals surface area (Å²) in [5.74, 6) is -0.938. The number of benzene rings is 2. The smallest absolute Gasteiger partial charge is 0.343 e. The molecule has 0 bridgehead atoms. The highest BCUT2D eigenvalue weighted by Crippen LogP contribution is 2.26. The number of nitro groups is 1. The minimum atomic E-state index is -0.717. The van der Waals surface area contributed by atoms with E-state index in [4.69, 9.17) is 16.2 Å². The number of hydrogen-bond donors (Lipinski definition) is 2. The lowest BCUT2D eigenvalue weighted by molar-refractivity contribution is -0.385. The van der Waals surface area contributed by atoms with Crippen molar-refractivity contribution in [3.63, 3.8) is 0 Å². The van der Waals surface area contributed by atoms with Crippen LogP contribution in [-0.2, 0) is 0 Å². The highest BCUT2D eigenvalue weighted by Gasteiger charge is 2.17. The van der Waals surface area contributed by atoms with E-state index in [2.05, 4.69) is 4.99 Å². The molecule has 0 saturated carbocycles. The third kappa shape index (κ3) is 3.57. The number of para-hydroxylation sites is 2. The first kappa shape index (κ1) is 15.0. The van der Waals surface area contributed by atoms with Gasteiger partial charge in [0, 0.05) is 6.07 Å². The van der Waals surface area contributed by atoms with Crippen molar-refractivity contribution < 1.29 is 14.5 Å². The normalized spacial score (nSPS) is 9.82. The second kappa shape index (κ2) is 6.35. The number of esters is 1. The van der Waals surface area contributed by atoms with Crippen LogP contribution in [0.25, 0.3) is 0 Å². The van der Waals surface area contributed by atoms with Crippen LogP contribution in [0.5, 0.6) is 5.75 Å². The molecule has 0 heterocycles. The van der Waals surface area contributed by atoms with Crippen LogP contribution in [0.3, 0.4) is 0 Å². The van der Waals surface area contributed by atoms with Gasteiger partial charge in [-0.2, -0.15) is 0 Å². The molecule has 0 aliphatic rings. The van der Waals surface area contributed by atoms with E-state index < -0.39 is 10.9 Å². The molecule has 0 fully saturated rings.